The number of aryl methyl sites for hydroxylation is 2. The number of pyridine rings is 1. The number of allylic oxidation sites excluding steroid dienone is 1. The lowest BCUT2D eigenvalue weighted by atomic mass is 9.92. The van der Waals surface area contributed by atoms with Gasteiger partial charge < -0.3 is 0 Å². The van der Waals surface area contributed by atoms with E-state index in [1.165, 1.54) is 0 Å². The molecule has 0 saturated carbocycles. The van der Waals surface area contributed by atoms with Gasteiger partial charge in [0.15, 0.2) is 5.78 Å². The average Bonchev–Trinajstić information content (AvgIpc) is 2.72. The van der Waals surface area contributed by atoms with E-state index in [2.05, 4.69) is 0 Å². The number of para-hydroxylation sites is 1. The molecule has 2 nitrogen and oxygen atoms in total. The molecule has 0 unspecified atom stereocenters. The molecule has 1 heterocycles. The maximum absolute atomic E-state index is 13.3. The first-order valence-corrected chi connectivity index (χ1v) is 9.38. The maximum atomic E-state index is 13.3. The third-order valence-corrected chi connectivity index (χ3v) is 4.98. The molecule has 4 aromatic rings. The van der Waals surface area contributed by atoms with Crippen molar-refractivity contribution in [1.29, 1.82) is 0 Å². The van der Waals surface area contributed by atoms with Gasteiger partial charge in [0.1, 0.15) is 0 Å². The predicted octanol–water partition coefficient (Wildman–Crippen LogP) is 6.41. The van der Waals surface area contributed by atoms with Gasteiger partial charge in [-0.15, -0.1) is 0 Å². The zero-order chi connectivity index (χ0) is 19.5. The van der Waals surface area contributed by atoms with Crippen LogP contribution in [-0.2, 0) is 0 Å². The summed E-state index contributed by atoms with van der Waals surface area (Å²) in [6.07, 6.45) is 3.55. The molecule has 0 aliphatic rings. The Bertz CT molecular complexity index is 1190. The van der Waals surface area contributed by atoms with Gasteiger partial charge in [-0.05, 0) is 42.7 Å². The quantitative estimate of drug-likeness (QED) is 0.309. The van der Waals surface area contributed by atoms with E-state index in [4.69, 9.17) is 4.98 Å². The van der Waals surface area contributed by atoms with Crippen molar-refractivity contribution in [3.63, 3.8) is 0 Å². The molecule has 3 aromatic carbocycles. The van der Waals surface area contributed by atoms with Crippen molar-refractivity contribution in [2.75, 3.05) is 0 Å². The van der Waals surface area contributed by atoms with Crippen LogP contribution in [0.1, 0.15) is 27.2 Å². The molecular formula is C26H21NO. The molecule has 0 amide bonds. The molecule has 0 aliphatic carbocycles. The zero-order valence-corrected chi connectivity index (χ0v) is 16.0. The number of hydrogen-bond acceptors (Lipinski definition) is 2. The van der Waals surface area contributed by atoms with Crippen LogP contribution in [0.3, 0.4) is 0 Å². The fourth-order valence-corrected chi connectivity index (χ4v) is 3.56. The Labute approximate surface area is 165 Å². The molecule has 4 rings (SSSR count). The standard InChI is InChI=1S/C26H21NO/c1-18-10-6-7-11-20(18)16-17-24(28)25-19(2)27-23-15-9-8-14-22(23)26(25)21-12-4-3-5-13-21/h3-17H,1-2H3. The van der Waals surface area contributed by atoms with Gasteiger partial charge in [0.05, 0.1) is 11.1 Å². The van der Waals surface area contributed by atoms with Crippen molar-refractivity contribution >= 4 is 22.8 Å². The number of rotatable bonds is 4. The minimum Gasteiger partial charge on any atom is -0.289 e. The highest BCUT2D eigenvalue weighted by Gasteiger charge is 2.18. The third kappa shape index (κ3) is 3.37. The SMILES string of the molecule is Cc1ccccc1C=CC(=O)c1c(C)nc2ccccc2c1-c1ccccc1. The van der Waals surface area contributed by atoms with Crippen LogP contribution in [0.25, 0.3) is 28.1 Å². The monoisotopic (exact) mass is 363 g/mol. The number of benzene rings is 3. The summed E-state index contributed by atoms with van der Waals surface area (Å²) in [7, 11) is 0. The minimum absolute atomic E-state index is 0.0298. The Kier molecular flexibility index (Phi) is 4.86. The van der Waals surface area contributed by atoms with E-state index in [-0.39, 0.29) is 5.78 Å². The van der Waals surface area contributed by atoms with Crippen LogP contribution in [0.15, 0.2) is 84.9 Å². The molecular weight excluding hydrogens is 342 g/mol. The molecule has 0 bridgehead atoms. The first-order chi connectivity index (χ1) is 13.6. The highest BCUT2D eigenvalue weighted by molar-refractivity contribution is 6.16. The average molecular weight is 363 g/mol. The van der Waals surface area contributed by atoms with Gasteiger partial charge in [-0.1, -0.05) is 78.9 Å². The van der Waals surface area contributed by atoms with Gasteiger partial charge in [0, 0.05) is 16.6 Å². The maximum Gasteiger partial charge on any atom is 0.188 e. The van der Waals surface area contributed by atoms with E-state index in [0.717, 1.165) is 38.9 Å². The summed E-state index contributed by atoms with van der Waals surface area (Å²) in [6, 6.07) is 26.1. The summed E-state index contributed by atoms with van der Waals surface area (Å²) in [4.78, 5) is 18.0. The number of aromatic nitrogens is 1. The van der Waals surface area contributed by atoms with E-state index in [0.29, 0.717) is 5.56 Å². The van der Waals surface area contributed by atoms with Crippen LogP contribution in [0.2, 0.25) is 0 Å². The Morgan fingerprint density at radius 2 is 1.50 bits per heavy atom. The van der Waals surface area contributed by atoms with E-state index >= 15 is 0 Å². The first kappa shape index (κ1) is 17.9. The second-order valence-electron chi connectivity index (χ2n) is 6.88. The number of carbonyl (C=O) groups excluding carboxylic acids is 1. The van der Waals surface area contributed by atoms with Gasteiger partial charge in [-0.3, -0.25) is 9.78 Å². The van der Waals surface area contributed by atoms with Gasteiger partial charge in [0.2, 0.25) is 0 Å². The van der Waals surface area contributed by atoms with Gasteiger partial charge >= 0.3 is 0 Å². The fraction of sp³-hybridized carbons (Fsp3) is 0.0769. The predicted molar refractivity (Wildman–Crippen MR) is 116 cm³/mol. The lowest BCUT2D eigenvalue weighted by molar-refractivity contribution is 0.104. The van der Waals surface area contributed by atoms with E-state index in [9.17, 15) is 4.79 Å². The number of fused-ring (bicyclic) bond motifs is 1. The lowest BCUT2D eigenvalue weighted by Gasteiger charge is -2.14. The molecule has 0 saturated heterocycles. The number of hydrogen-bond donors (Lipinski definition) is 0. The van der Waals surface area contributed by atoms with Crippen LogP contribution in [0, 0.1) is 13.8 Å². The Balaban J connectivity index is 1.90. The van der Waals surface area contributed by atoms with Crippen molar-refractivity contribution in [3.8, 4) is 11.1 Å². The molecule has 0 radical (unpaired) electrons. The minimum atomic E-state index is -0.0298. The summed E-state index contributed by atoms with van der Waals surface area (Å²) in [5.74, 6) is -0.0298. The van der Waals surface area contributed by atoms with E-state index in [1.54, 1.807) is 6.08 Å². The summed E-state index contributed by atoms with van der Waals surface area (Å²) in [5.41, 5.74) is 6.47. The normalized spacial score (nSPS) is 11.2. The summed E-state index contributed by atoms with van der Waals surface area (Å²) in [6.45, 7) is 3.95. The van der Waals surface area contributed by atoms with E-state index < -0.39 is 0 Å². The molecule has 0 N–H and O–H groups in total. The van der Waals surface area contributed by atoms with Crippen molar-refractivity contribution in [3.05, 3.63) is 107 Å². The summed E-state index contributed by atoms with van der Waals surface area (Å²) >= 11 is 0. The Morgan fingerprint density at radius 3 is 2.29 bits per heavy atom. The van der Waals surface area contributed by atoms with Crippen LogP contribution >= 0.6 is 0 Å². The topological polar surface area (TPSA) is 30.0 Å². The number of ketones is 1. The van der Waals surface area contributed by atoms with Crippen molar-refractivity contribution < 1.29 is 4.79 Å². The van der Waals surface area contributed by atoms with Gasteiger partial charge in [-0.2, -0.15) is 0 Å². The Morgan fingerprint density at radius 1 is 0.821 bits per heavy atom. The summed E-state index contributed by atoms with van der Waals surface area (Å²) in [5, 5.41) is 0.993. The largest absolute Gasteiger partial charge is 0.289 e. The molecule has 0 spiro atoms. The summed E-state index contributed by atoms with van der Waals surface area (Å²) < 4.78 is 0. The van der Waals surface area contributed by atoms with Crippen molar-refractivity contribution in [2.45, 2.75) is 13.8 Å². The molecule has 136 valence electrons. The second kappa shape index (κ2) is 7.61. The van der Waals surface area contributed by atoms with E-state index in [1.807, 2.05) is 98.8 Å². The van der Waals surface area contributed by atoms with Crippen LogP contribution in [0.5, 0.6) is 0 Å². The molecule has 0 aliphatic heterocycles. The smallest absolute Gasteiger partial charge is 0.188 e. The van der Waals surface area contributed by atoms with Crippen molar-refractivity contribution in [2.24, 2.45) is 0 Å². The van der Waals surface area contributed by atoms with Crippen molar-refractivity contribution in [1.82, 2.24) is 4.98 Å². The highest BCUT2D eigenvalue weighted by Crippen LogP contribution is 2.33. The highest BCUT2D eigenvalue weighted by atomic mass is 16.1. The first-order valence-electron chi connectivity index (χ1n) is 9.38. The molecule has 28 heavy (non-hydrogen) atoms. The zero-order valence-electron chi connectivity index (χ0n) is 16.0. The third-order valence-electron chi connectivity index (χ3n) is 4.98. The van der Waals surface area contributed by atoms with Gasteiger partial charge in [-0.25, -0.2) is 0 Å². The molecule has 2 heteroatoms. The second-order valence-corrected chi connectivity index (χ2v) is 6.88. The molecule has 0 atom stereocenters. The molecule has 1 aromatic heterocycles. The molecule has 0 fully saturated rings. The Hall–Kier alpha value is -3.52. The number of carbonyl (C=O) groups is 1. The van der Waals surface area contributed by atoms with Crippen LogP contribution in [-0.4, -0.2) is 10.8 Å². The lowest BCUT2D eigenvalue weighted by Crippen LogP contribution is -2.05. The van der Waals surface area contributed by atoms with Gasteiger partial charge in [0.25, 0.3) is 0 Å². The fourth-order valence-electron chi connectivity index (χ4n) is 3.56. The van der Waals surface area contributed by atoms with Crippen LogP contribution < -0.4 is 0 Å². The number of nitrogens with zero attached hydrogens (tertiary/aromatic N) is 1. The van der Waals surface area contributed by atoms with Crippen LogP contribution in [0.4, 0.5) is 0 Å².